The molecule has 2 rings (SSSR count). The first-order chi connectivity index (χ1) is 10.3. The van der Waals surface area contributed by atoms with Crippen molar-refractivity contribution >= 4 is 21.8 Å². The van der Waals surface area contributed by atoms with Gasteiger partial charge < -0.3 is 9.64 Å². The monoisotopic (exact) mass is 323 g/mol. The van der Waals surface area contributed by atoms with Crippen LogP contribution in [-0.2, 0) is 14.6 Å². The number of hydrogen-bond donors (Lipinski definition) is 0. The van der Waals surface area contributed by atoms with Crippen LogP contribution in [0.15, 0.2) is 24.3 Å². The first kappa shape index (κ1) is 16.5. The third-order valence-corrected chi connectivity index (χ3v) is 5.64. The number of nitrogens with zero attached hydrogens (tertiary/aromatic N) is 1. The van der Waals surface area contributed by atoms with Crippen LogP contribution in [0.2, 0.25) is 0 Å². The van der Waals surface area contributed by atoms with E-state index in [-0.39, 0.29) is 23.5 Å². The molecule has 1 aromatic carbocycles. The van der Waals surface area contributed by atoms with E-state index < -0.39 is 9.84 Å². The summed E-state index contributed by atoms with van der Waals surface area (Å²) in [6.07, 6.45) is 3.67. The second-order valence-electron chi connectivity index (χ2n) is 5.58. The van der Waals surface area contributed by atoms with Crippen LogP contribution in [0.3, 0.4) is 0 Å². The highest BCUT2D eigenvalue weighted by atomic mass is 32.2. The molecule has 1 amide bonds. The highest BCUT2D eigenvalue weighted by Crippen LogP contribution is 2.21. The number of carbonyl (C=O) groups is 1. The maximum atomic E-state index is 12.2. The topological polar surface area (TPSA) is 63.7 Å². The number of rotatable bonds is 4. The van der Waals surface area contributed by atoms with E-state index in [0.29, 0.717) is 12.2 Å². The molecular formula is C16H21NO4S. The van der Waals surface area contributed by atoms with E-state index in [9.17, 15) is 13.2 Å². The van der Waals surface area contributed by atoms with Gasteiger partial charge in [0.25, 0.3) is 0 Å². The summed E-state index contributed by atoms with van der Waals surface area (Å²) in [5.74, 6) is 0.702. The van der Waals surface area contributed by atoms with Crippen molar-refractivity contribution in [3.63, 3.8) is 0 Å². The van der Waals surface area contributed by atoms with E-state index in [2.05, 4.69) is 0 Å². The predicted molar refractivity (Wildman–Crippen MR) is 86.6 cm³/mol. The van der Waals surface area contributed by atoms with Crippen LogP contribution in [0.1, 0.15) is 17.5 Å². The van der Waals surface area contributed by atoms with E-state index in [4.69, 9.17) is 4.74 Å². The summed E-state index contributed by atoms with van der Waals surface area (Å²) in [7, 11) is 0.232. The number of amides is 1. The van der Waals surface area contributed by atoms with Crippen molar-refractivity contribution < 1.29 is 17.9 Å². The molecule has 0 spiro atoms. The quantitative estimate of drug-likeness (QED) is 0.791. The lowest BCUT2D eigenvalue weighted by molar-refractivity contribution is -0.126. The minimum Gasteiger partial charge on any atom is -0.496 e. The molecule has 0 bridgehead atoms. The Morgan fingerprint density at radius 1 is 1.41 bits per heavy atom. The number of hydrogen-bond acceptors (Lipinski definition) is 4. The fourth-order valence-corrected chi connectivity index (χ4v) is 4.30. The number of carbonyl (C=O) groups excluding carboxylic acids is 1. The largest absolute Gasteiger partial charge is 0.496 e. The summed E-state index contributed by atoms with van der Waals surface area (Å²) in [5.41, 5.74) is 1.89. The molecule has 0 N–H and O–H groups in total. The van der Waals surface area contributed by atoms with Gasteiger partial charge >= 0.3 is 0 Å². The van der Waals surface area contributed by atoms with E-state index in [1.165, 1.54) is 11.0 Å². The van der Waals surface area contributed by atoms with Gasteiger partial charge in [0.1, 0.15) is 5.75 Å². The van der Waals surface area contributed by atoms with Gasteiger partial charge in [0.05, 0.1) is 18.6 Å². The first-order valence-corrected chi connectivity index (χ1v) is 8.94. The summed E-state index contributed by atoms with van der Waals surface area (Å²) < 4.78 is 28.3. The summed E-state index contributed by atoms with van der Waals surface area (Å²) in [6.45, 7) is 1.97. The normalized spacial score (nSPS) is 20.2. The fourth-order valence-electron chi connectivity index (χ4n) is 2.52. The van der Waals surface area contributed by atoms with E-state index in [0.717, 1.165) is 11.1 Å². The molecule has 1 unspecified atom stereocenters. The van der Waals surface area contributed by atoms with Gasteiger partial charge in [-0.2, -0.15) is 0 Å². The van der Waals surface area contributed by atoms with Crippen molar-refractivity contribution in [2.45, 2.75) is 19.4 Å². The number of ether oxygens (including phenoxy) is 1. The number of methoxy groups -OCH3 is 1. The summed E-state index contributed by atoms with van der Waals surface area (Å²) in [5, 5.41) is 0. The fraction of sp³-hybridized carbons (Fsp3) is 0.438. The maximum absolute atomic E-state index is 12.2. The second kappa shape index (κ2) is 6.52. The summed E-state index contributed by atoms with van der Waals surface area (Å²) in [6, 6.07) is 5.49. The Morgan fingerprint density at radius 2 is 2.14 bits per heavy atom. The molecular weight excluding hydrogens is 302 g/mol. The van der Waals surface area contributed by atoms with Crippen molar-refractivity contribution in [2.75, 3.05) is 25.7 Å². The molecule has 0 radical (unpaired) electrons. The molecule has 1 aromatic rings. The smallest absolute Gasteiger partial charge is 0.246 e. The minimum atomic E-state index is -3.00. The van der Waals surface area contributed by atoms with Gasteiger partial charge in [0.2, 0.25) is 5.91 Å². The van der Waals surface area contributed by atoms with E-state index >= 15 is 0 Å². The Hall–Kier alpha value is -1.82. The Labute approximate surface area is 131 Å². The third-order valence-electron chi connectivity index (χ3n) is 3.89. The third kappa shape index (κ3) is 3.88. The van der Waals surface area contributed by atoms with Crippen LogP contribution in [0.25, 0.3) is 6.08 Å². The van der Waals surface area contributed by atoms with E-state index in [1.807, 2.05) is 25.1 Å². The standard InChI is InChI=1S/C16H21NO4S/c1-12-4-6-15(21-3)13(10-12)5-7-16(18)17(2)14-8-9-22(19,20)11-14/h4-7,10,14H,8-9,11H2,1-3H3/b7-5+. The molecule has 120 valence electrons. The molecule has 1 heterocycles. The number of aryl methyl sites for hydroxylation is 1. The van der Waals surface area contributed by atoms with Crippen LogP contribution >= 0.6 is 0 Å². The zero-order valence-electron chi connectivity index (χ0n) is 13.1. The van der Waals surface area contributed by atoms with Crippen molar-refractivity contribution in [3.8, 4) is 5.75 Å². The number of benzene rings is 1. The van der Waals surface area contributed by atoms with Crippen LogP contribution in [0.4, 0.5) is 0 Å². The summed E-state index contributed by atoms with van der Waals surface area (Å²) in [4.78, 5) is 13.7. The first-order valence-electron chi connectivity index (χ1n) is 7.12. The van der Waals surface area contributed by atoms with Crippen LogP contribution in [-0.4, -0.2) is 50.9 Å². The van der Waals surface area contributed by atoms with Gasteiger partial charge in [0.15, 0.2) is 9.84 Å². The average Bonchev–Trinajstić information content (AvgIpc) is 2.84. The molecule has 1 saturated heterocycles. The molecule has 0 aliphatic carbocycles. The lowest BCUT2D eigenvalue weighted by atomic mass is 10.1. The summed E-state index contributed by atoms with van der Waals surface area (Å²) >= 11 is 0. The van der Waals surface area contributed by atoms with Gasteiger partial charge in [-0.25, -0.2) is 8.42 Å². The molecule has 22 heavy (non-hydrogen) atoms. The molecule has 1 fully saturated rings. The molecule has 6 heteroatoms. The lowest BCUT2D eigenvalue weighted by Gasteiger charge is -2.21. The maximum Gasteiger partial charge on any atom is 0.246 e. The molecule has 0 saturated carbocycles. The molecule has 5 nitrogen and oxygen atoms in total. The van der Waals surface area contributed by atoms with E-state index in [1.54, 1.807) is 20.2 Å². The SMILES string of the molecule is COc1ccc(C)cc1/C=C/C(=O)N(C)C1CCS(=O)(=O)C1. The zero-order chi connectivity index (χ0) is 16.3. The zero-order valence-corrected chi connectivity index (χ0v) is 13.9. The van der Waals surface area contributed by atoms with Crippen molar-refractivity contribution in [2.24, 2.45) is 0 Å². The van der Waals surface area contributed by atoms with Gasteiger partial charge in [0, 0.05) is 24.7 Å². The molecule has 1 atom stereocenters. The number of sulfone groups is 1. The molecule has 1 aliphatic rings. The van der Waals surface area contributed by atoms with Gasteiger partial charge in [-0.15, -0.1) is 0 Å². The van der Waals surface area contributed by atoms with Crippen LogP contribution in [0, 0.1) is 6.92 Å². The van der Waals surface area contributed by atoms with Crippen molar-refractivity contribution in [1.82, 2.24) is 4.90 Å². The van der Waals surface area contributed by atoms with Crippen LogP contribution in [0.5, 0.6) is 5.75 Å². The van der Waals surface area contributed by atoms with Gasteiger partial charge in [-0.3, -0.25) is 4.79 Å². The minimum absolute atomic E-state index is 0.0524. The Kier molecular flexibility index (Phi) is 4.90. The Bertz CT molecular complexity index is 694. The lowest BCUT2D eigenvalue weighted by Crippen LogP contribution is -2.36. The highest BCUT2D eigenvalue weighted by Gasteiger charge is 2.32. The van der Waals surface area contributed by atoms with Crippen molar-refractivity contribution in [1.29, 1.82) is 0 Å². The van der Waals surface area contributed by atoms with Gasteiger partial charge in [-0.05, 0) is 31.6 Å². The number of likely N-dealkylation sites (N-methyl/N-ethyl adjacent to an activating group) is 1. The predicted octanol–water partition coefficient (Wildman–Crippen LogP) is 1.66. The second-order valence-corrected chi connectivity index (χ2v) is 7.81. The Morgan fingerprint density at radius 3 is 2.73 bits per heavy atom. The van der Waals surface area contributed by atoms with Crippen LogP contribution < -0.4 is 4.74 Å². The van der Waals surface area contributed by atoms with Crippen molar-refractivity contribution in [3.05, 3.63) is 35.4 Å². The average molecular weight is 323 g/mol. The molecule has 1 aliphatic heterocycles. The van der Waals surface area contributed by atoms with Gasteiger partial charge in [-0.1, -0.05) is 11.6 Å². The Balaban J connectivity index is 2.10. The highest BCUT2D eigenvalue weighted by molar-refractivity contribution is 7.91. The molecule has 0 aromatic heterocycles.